The Labute approximate surface area is 140 Å². The molecule has 0 aliphatic carbocycles. The van der Waals surface area contributed by atoms with Gasteiger partial charge in [0.15, 0.2) is 5.11 Å². The molecular formula is C12H15Br2N3O2S. The van der Waals surface area contributed by atoms with E-state index in [1.807, 2.05) is 0 Å². The van der Waals surface area contributed by atoms with Gasteiger partial charge in [-0.25, -0.2) is 0 Å². The SMILES string of the molecule is COCCCNC(=S)N/N=C\c1cc(Br)cc(Br)c1O. The molecule has 0 saturated carbocycles. The molecule has 0 fully saturated rings. The summed E-state index contributed by atoms with van der Waals surface area (Å²) in [6, 6.07) is 3.50. The van der Waals surface area contributed by atoms with Crippen LogP contribution >= 0.6 is 44.1 Å². The van der Waals surface area contributed by atoms with Crippen molar-refractivity contribution in [3.05, 3.63) is 26.6 Å². The molecule has 20 heavy (non-hydrogen) atoms. The number of benzene rings is 1. The molecule has 0 aliphatic heterocycles. The van der Waals surface area contributed by atoms with Gasteiger partial charge in [-0.2, -0.15) is 5.10 Å². The van der Waals surface area contributed by atoms with Gasteiger partial charge in [-0.1, -0.05) is 15.9 Å². The number of phenolic OH excluding ortho intramolecular Hbond substituents is 1. The third-order valence-electron chi connectivity index (χ3n) is 2.24. The number of rotatable bonds is 6. The Balaban J connectivity index is 2.47. The van der Waals surface area contributed by atoms with Gasteiger partial charge < -0.3 is 15.2 Å². The average molecular weight is 425 g/mol. The molecule has 1 rings (SSSR count). The zero-order chi connectivity index (χ0) is 15.0. The van der Waals surface area contributed by atoms with Crippen molar-refractivity contribution in [1.82, 2.24) is 10.7 Å². The third-order valence-corrected chi connectivity index (χ3v) is 3.54. The Hall–Kier alpha value is -0.700. The van der Waals surface area contributed by atoms with Crippen molar-refractivity contribution in [2.45, 2.75) is 6.42 Å². The molecule has 0 bridgehead atoms. The number of hydrazone groups is 1. The monoisotopic (exact) mass is 423 g/mol. The highest BCUT2D eigenvalue weighted by Gasteiger charge is 2.05. The second-order valence-electron chi connectivity index (χ2n) is 3.80. The van der Waals surface area contributed by atoms with E-state index in [1.54, 1.807) is 19.2 Å². The van der Waals surface area contributed by atoms with Gasteiger partial charge >= 0.3 is 0 Å². The van der Waals surface area contributed by atoms with Crippen LogP contribution in [-0.2, 0) is 4.74 Å². The molecule has 110 valence electrons. The van der Waals surface area contributed by atoms with Crippen LogP contribution in [0.4, 0.5) is 0 Å². The maximum Gasteiger partial charge on any atom is 0.186 e. The van der Waals surface area contributed by atoms with Gasteiger partial charge in [0.05, 0.1) is 10.7 Å². The molecule has 1 aromatic carbocycles. The summed E-state index contributed by atoms with van der Waals surface area (Å²) in [6.07, 6.45) is 2.36. The Morgan fingerprint density at radius 2 is 2.25 bits per heavy atom. The Kier molecular flexibility index (Phi) is 8.05. The first-order valence-corrected chi connectivity index (χ1v) is 7.78. The maximum atomic E-state index is 9.84. The Morgan fingerprint density at radius 1 is 1.50 bits per heavy atom. The van der Waals surface area contributed by atoms with Gasteiger partial charge in [0.1, 0.15) is 5.75 Å². The number of nitrogens with one attached hydrogen (secondary N) is 2. The maximum absolute atomic E-state index is 9.84. The molecule has 0 saturated heterocycles. The van der Waals surface area contributed by atoms with E-state index in [1.165, 1.54) is 6.21 Å². The summed E-state index contributed by atoms with van der Waals surface area (Å²) in [4.78, 5) is 0. The number of nitrogens with zero attached hydrogens (tertiary/aromatic N) is 1. The van der Waals surface area contributed by atoms with E-state index in [-0.39, 0.29) is 5.75 Å². The smallest absolute Gasteiger partial charge is 0.186 e. The highest BCUT2D eigenvalue weighted by molar-refractivity contribution is 9.11. The number of methoxy groups -OCH3 is 1. The quantitative estimate of drug-likeness (QED) is 0.283. The van der Waals surface area contributed by atoms with Crippen LogP contribution in [-0.4, -0.2) is 36.7 Å². The number of thiocarbonyl (C=S) groups is 1. The van der Waals surface area contributed by atoms with Gasteiger partial charge in [-0.3, -0.25) is 5.43 Å². The van der Waals surface area contributed by atoms with Crippen molar-refractivity contribution in [2.75, 3.05) is 20.3 Å². The van der Waals surface area contributed by atoms with Crippen molar-refractivity contribution < 1.29 is 9.84 Å². The van der Waals surface area contributed by atoms with Crippen LogP contribution in [0.3, 0.4) is 0 Å². The van der Waals surface area contributed by atoms with Crippen LogP contribution in [0.2, 0.25) is 0 Å². The zero-order valence-corrected chi connectivity index (χ0v) is 14.8. The standard InChI is InChI=1S/C12H15Br2N3O2S/c1-19-4-2-3-15-12(20)17-16-7-8-5-9(13)6-10(14)11(8)18/h5-7,18H,2-4H2,1H3,(H2,15,17,20)/b16-7-. The lowest BCUT2D eigenvalue weighted by atomic mass is 10.2. The minimum Gasteiger partial charge on any atom is -0.506 e. The number of ether oxygens (including phenoxy) is 1. The van der Waals surface area contributed by atoms with Gasteiger partial charge in [0, 0.05) is 30.3 Å². The summed E-state index contributed by atoms with van der Waals surface area (Å²) < 4.78 is 6.36. The summed E-state index contributed by atoms with van der Waals surface area (Å²) in [5, 5.41) is 17.2. The molecule has 0 spiro atoms. The van der Waals surface area contributed by atoms with E-state index < -0.39 is 0 Å². The summed E-state index contributed by atoms with van der Waals surface area (Å²) in [5.74, 6) is 0.123. The summed E-state index contributed by atoms with van der Waals surface area (Å²) >= 11 is 11.6. The van der Waals surface area contributed by atoms with E-state index in [9.17, 15) is 5.11 Å². The molecule has 0 unspecified atom stereocenters. The summed E-state index contributed by atoms with van der Waals surface area (Å²) in [5.41, 5.74) is 3.25. The molecule has 0 aromatic heterocycles. The van der Waals surface area contributed by atoms with Crippen LogP contribution in [0, 0.1) is 0 Å². The molecule has 0 amide bonds. The first kappa shape index (κ1) is 17.4. The van der Waals surface area contributed by atoms with Crippen molar-refractivity contribution in [3.8, 4) is 5.75 Å². The van der Waals surface area contributed by atoms with Crippen LogP contribution in [0.5, 0.6) is 5.75 Å². The molecular weight excluding hydrogens is 410 g/mol. The lowest BCUT2D eigenvalue weighted by molar-refractivity contribution is 0.195. The van der Waals surface area contributed by atoms with Gasteiger partial charge in [-0.15, -0.1) is 0 Å². The predicted molar refractivity (Wildman–Crippen MR) is 91.3 cm³/mol. The van der Waals surface area contributed by atoms with Gasteiger partial charge in [-0.05, 0) is 46.7 Å². The number of aromatic hydroxyl groups is 1. The topological polar surface area (TPSA) is 65.9 Å². The first-order chi connectivity index (χ1) is 9.54. The molecule has 3 N–H and O–H groups in total. The second-order valence-corrected chi connectivity index (χ2v) is 5.98. The van der Waals surface area contributed by atoms with Gasteiger partial charge in [0.25, 0.3) is 0 Å². The van der Waals surface area contributed by atoms with Gasteiger partial charge in [0.2, 0.25) is 0 Å². The highest BCUT2D eigenvalue weighted by Crippen LogP contribution is 2.30. The third kappa shape index (κ3) is 6.17. The van der Waals surface area contributed by atoms with Crippen LogP contribution in [0.25, 0.3) is 0 Å². The Morgan fingerprint density at radius 3 is 2.95 bits per heavy atom. The largest absolute Gasteiger partial charge is 0.506 e. The minimum absolute atomic E-state index is 0.123. The summed E-state index contributed by atoms with van der Waals surface area (Å²) in [6.45, 7) is 1.39. The number of hydrogen-bond donors (Lipinski definition) is 3. The first-order valence-electron chi connectivity index (χ1n) is 5.78. The van der Waals surface area contributed by atoms with E-state index >= 15 is 0 Å². The van der Waals surface area contributed by atoms with E-state index in [0.29, 0.717) is 28.3 Å². The second kappa shape index (κ2) is 9.28. The number of phenols is 1. The lowest BCUT2D eigenvalue weighted by Crippen LogP contribution is -2.33. The van der Waals surface area contributed by atoms with Crippen molar-refractivity contribution in [2.24, 2.45) is 5.10 Å². The van der Waals surface area contributed by atoms with E-state index in [4.69, 9.17) is 17.0 Å². The normalized spacial score (nSPS) is 10.8. The molecule has 1 aromatic rings. The van der Waals surface area contributed by atoms with Crippen LogP contribution in [0.1, 0.15) is 12.0 Å². The molecule has 5 nitrogen and oxygen atoms in total. The zero-order valence-electron chi connectivity index (χ0n) is 10.8. The fourth-order valence-electron chi connectivity index (χ4n) is 1.30. The molecule has 0 aliphatic rings. The lowest BCUT2D eigenvalue weighted by Gasteiger charge is -2.06. The van der Waals surface area contributed by atoms with Crippen molar-refractivity contribution in [3.63, 3.8) is 0 Å². The fraction of sp³-hybridized carbons (Fsp3) is 0.333. The summed E-state index contributed by atoms with van der Waals surface area (Å²) in [7, 11) is 1.66. The van der Waals surface area contributed by atoms with E-state index in [0.717, 1.165) is 10.9 Å². The number of halogens is 2. The number of hydrogen-bond acceptors (Lipinski definition) is 4. The predicted octanol–water partition coefficient (Wildman–Crippen LogP) is 2.75. The van der Waals surface area contributed by atoms with Crippen molar-refractivity contribution >= 4 is 55.4 Å². The highest BCUT2D eigenvalue weighted by atomic mass is 79.9. The van der Waals surface area contributed by atoms with Crippen molar-refractivity contribution in [1.29, 1.82) is 0 Å². The Bertz CT molecular complexity index is 498. The molecule has 0 radical (unpaired) electrons. The average Bonchev–Trinajstić information content (AvgIpc) is 2.40. The fourth-order valence-corrected chi connectivity index (χ4v) is 2.72. The molecule has 8 heteroatoms. The molecule has 0 atom stereocenters. The minimum atomic E-state index is 0.123. The molecule has 0 heterocycles. The van der Waals surface area contributed by atoms with Crippen LogP contribution < -0.4 is 10.7 Å². The van der Waals surface area contributed by atoms with Crippen LogP contribution in [0.15, 0.2) is 26.2 Å². The van der Waals surface area contributed by atoms with E-state index in [2.05, 4.69) is 47.7 Å².